The van der Waals surface area contributed by atoms with Crippen molar-refractivity contribution in [2.75, 3.05) is 18.2 Å². The second-order valence-corrected chi connectivity index (χ2v) is 6.46. The van der Waals surface area contributed by atoms with Crippen LogP contribution in [0.2, 0.25) is 0 Å². The topological polar surface area (TPSA) is 112 Å². The van der Waals surface area contributed by atoms with Crippen molar-refractivity contribution in [3.8, 4) is 17.0 Å². The molecule has 2 heterocycles. The Balaban J connectivity index is 1.91. The van der Waals surface area contributed by atoms with Gasteiger partial charge in [-0.25, -0.2) is 4.68 Å². The zero-order valence-electron chi connectivity index (χ0n) is 16.1. The molecule has 1 amide bonds. The number of aromatic nitrogens is 2. The molecule has 1 unspecified atom stereocenters. The third kappa shape index (κ3) is 3.75. The summed E-state index contributed by atoms with van der Waals surface area (Å²) in [6.45, 7) is 5.21. The van der Waals surface area contributed by atoms with Gasteiger partial charge in [-0.15, -0.1) is 0 Å². The van der Waals surface area contributed by atoms with Gasteiger partial charge in [-0.1, -0.05) is 0 Å². The van der Waals surface area contributed by atoms with Crippen LogP contribution in [0.25, 0.3) is 11.3 Å². The minimum atomic E-state index is -0.870. The number of hydrogen-bond donors (Lipinski definition) is 2. The Labute approximate surface area is 161 Å². The summed E-state index contributed by atoms with van der Waals surface area (Å²) in [5.74, 6) is 1.66. The second-order valence-electron chi connectivity index (χ2n) is 6.46. The van der Waals surface area contributed by atoms with E-state index >= 15 is 0 Å². The van der Waals surface area contributed by atoms with Gasteiger partial charge in [-0.3, -0.25) is 9.59 Å². The molecule has 1 aromatic carbocycles. The molecule has 1 atom stereocenters. The number of benzene rings is 1. The number of nitrogens with zero attached hydrogens (tertiary/aromatic N) is 2. The molecule has 0 saturated carbocycles. The fourth-order valence-corrected chi connectivity index (χ4v) is 2.84. The van der Waals surface area contributed by atoms with Crippen molar-refractivity contribution >= 4 is 17.3 Å². The number of nitrogen functional groups attached to an aromatic ring is 1. The van der Waals surface area contributed by atoms with Crippen LogP contribution in [0.3, 0.4) is 0 Å². The molecule has 0 bridgehead atoms. The molecular weight excluding hydrogens is 360 g/mol. The first-order valence-corrected chi connectivity index (χ1v) is 8.72. The van der Waals surface area contributed by atoms with Crippen molar-refractivity contribution in [2.24, 2.45) is 0 Å². The average Bonchev–Trinajstić information content (AvgIpc) is 3.02. The lowest BCUT2D eigenvalue weighted by Gasteiger charge is -2.16. The summed E-state index contributed by atoms with van der Waals surface area (Å²) >= 11 is 0. The standard InChI is InChI=1S/C20H22N4O4/c1-11-9-16(13(3)28-11)18-10-17(21)20(26)24(23-18)12(2)19(25)22-14-5-7-15(27-4)8-6-14/h5-10,12H,21H2,1-4H3,(H,22,25). The van der Waals surface area contributed by atoms with E-state index in [-0.39, 0.29) is 5.69 Å². The average molecular weight is 382 g/mol. The summed E-state index contributed by atoms with van der Waals surface area (Å²) in [6, 6.07) is 9.31. The van der Waals surface area contributed by atoms with Gasteiger partial charge in [0, 0.05) is 11.3 Å². The summed E-state index contributed by atoms with van der Waals surface area (Å²) in [5.41, 5.74) is 7.14. The molecule has 0 saturated heterocycles. The summed E-state index contributed by atoms with van der Waals surface area (Å²) in [6.07, 6.45) is 0. The van der Waals surface area contributed by atoms with Crippen molar-refractivity contribution in [1.29, 1.82) is 0 Å². The van der Waals surface area contributed by atoms with Crippen LogP contribution in [0.1, 0.15) is 24.5 Å². The van der Waals surface area contributed by atoms with Crippen LogP contribution in [-0.4, -0.2) is 22.8 Å². The molecule has 3 N–H and O–H groups in total. The molecule has 0 fully saturated rings. The Bertz CT molecular complexity index is 1070. The maximum atomic E-state index is 12.6. The lowest BCUT2D eigenvalue weighted by molar-refractivity contribution is -0.119. The van der Waals surface area contributed by atoms with Gasteiger partial charge in [-0.05, 0) is 57.2 Å². The van der Waals surface area contributed by atoms with E-state index in [1.54, 1.807) is 45.2 Å². The number of ether oxygens (including phenoxy) is 1. The van der Waals surface area contributed by atoms with Gasteiger partial charge in [0.1, 0.15) is 29.0 Å². The van der Waals surface area contributed by atoms with Crippen molar-refractivity contribution in [3.05, 3.63) is 58.3 Å². The van der Waals surface area contributed by atoms with E-state index in [0.717, 1.165) is 16.0 Å². The lowest BCUT2D eigenvalue weighted by atomic mass is 10.1. The van der Waals surface area contributed by atoms with Gasteiger partial charge in [0.05, 0.1) is 12.8 Å². The van der Waals surface area contributed by atoms with Crippen molar-refractivity contribution in [3.63, 3.8) is 0 Å². The van der Waals surface area contributed by atoms with Gasteiger partial charge in [0.15, 0.2) is 0 Å². The first kappa shape index (κ1) is 19.2. The zero-order chi connectivity index (χ0) is 20.4. The molecule has 28 heavy (non-hydrogen) atoms. The number of anilines is 2. The molecule has 0 radical (unpaired) electrons. The highest BCUT2D eigenvalue weighted by molar-refractivity contribution is 5.93. The number of nitrogens with one attached hydrogen (secondary N) is 1. The van der Waals surface area contributed by atoms with Gasteiger partial charge in [0.2, 0.25) is 5.91 Å². The largest absolute Gasteiger partial charge is 0.497 e. The number of rotatable bonds is 5. The van der Waals surface area contributed by atoms with Gasteiger partial charge in [0.25, 0.3) is 5.56 Å². The monoisotopic (exact) mass is 382 g/mol. The van der Waals surface area contributed by atoms with E-state index in [0.29, 0.717) is 22.9 Å². The Hall–Kier alpha value is -3.55. The number of carbonyl (C=O) groups is 1. The normalized spacial score (nSPS) is 11.9. The van der Waals surface area contributed by atoms with E-state index in [2.05, 4.69) is 10.4 Å². The van der Waals surface area contributed by atoms with E-state index in [9.17, 15) is 9.59 Å². The first-order valence-electron chi connectivity index (χ1n) is 8.72. The van der Waals surface area contributed by atoms with Crippen molar-refractivity contribution in [2.45, 2.75) is 26.8 Å². The number of furan rings is 1. The predicted octanol–water partition coefficient (Wildman–Crippen LogP) is 2.91. The molecular formula is C20H22N4O4. The molecule has 0 aliphatic carbocycles. The predicted molar refractivity (Wildman–Crippen MR) is 106 cm³/mol. The molecule has 8 heteroatoms. The van der Waals surface area contributed by atoms with Crippen molar-refractivity contribution in [1.82, 2.24) is 9.78 Å². The molecule has 0 aliphatic rings. The van der Waals surface area contributed by atoms with Gasteiger partial charge >= 0.3 is 0 Å². The van der Waals surface area contributed by atoms with Crippen LogP contribution < -0.4 is 21.3 Å². The van der Waals surface area contributed by atoms with Crippen molar-refractivity contribution < 1.29 is 13.9 Å². The van der Waals surface area contributed by atoms with Crippen LogP contribution in [0.4, 0.5) is 11.4 Å². The number of hydrogen-bond acceptors (Lipinski definition) is 6. The number of amides is 1. The highest BCUT2D eigenvalue weighted by Gasteiger charge is 2.21. The van der Waals surface area contributed by atoms with Crippen LogP contribution in [-0.2, 0) is 4.79 Å². The summed E-state index contributed by atoms with van der Waals surface area (Å²) < 4.78 is 11.7. The van der Waals surface area contributed by atoms with Gasteiger partial charge < -0.3 is 20.2 Å². The number of aryl methyl sites for hydroxylation is 2. The fraction of sp³-hybridized carbons (Fsp3) is 0.250. The minimum Gasteiger partial charge on any atom is -0.497 e. The maximum Gasteiger partial charge on any atom is 0.290 e. The van der Waals surface area contributed by atoms with E-state index in [1.807, 2.05) is 13.0 Å². The smallest absolute Gasteiger partial charge is 0.290 e. The first-order chi connectivity index (χ1) is 13.3. The molecule has 3 rings (SSSR count). The van der Waals surface area contributed by atoms with Crippen LogP contribution >= 0.6 is 0 Å². The van der Waals surface area contributed by atoms with E-state index in [1.165, 1.54) is 6.07 Å². The minimum absolute atomic E-state index is 0.00681. The summed E-state index contributed by atoms with van der Waals surface area (Å²) in [4.78, 5) is 25.1. The van der Waals surface area contributed by atoms with Gasteiger partial charge in [-0.2, -0.15) is 5.10 Å². The SMILES string of the molecule is COc1ccc(NC(=O)C(C)n2nc(-c3cc(C)oc3C)cc(N)c2=O)cc1. The molecule has 146 valence electrons. The molecule has 2 aromatic heterocycles. The van der Waals surface area contributed by atoms with Crippen LogP contribution in [0.5, 0.6) is 5.75 Å². The molecule has 0 aliphatic heterocycles. The zero-order valence-corrected chi connectivity index (χ0v) is 16.1. The molecule has 3 aromatic rings. The van der Waals surface area contributed by atoms with E-state index < -0.39 is 17.5 Å². The maximum absolute atomic E-state index is 12.6. The summed E-state index contributed by atoms with van der Waals surface area (Å²) in [5, 5.41) is 7.11. The quantitative estimate of drug-likeness (QED) is 0.702. The van der Waals surface area contributed by atoms with E-state index in [4.69, 9.17) is 14.9 Å². The number of methoxy groups -OCH3 is 1. The second kappa shape index (κ2) is 7.59. The third-order valence-electron chi connectivity index (χ3n) is 4.38. The Morgan fingerprint density at radius 2 is 1.93 bits per heavy atom. The Kier molecular flexibility index (Phi) is 5.21. The third-order valence-corrected chi connectivity index (χ3v) is 4.38. The highest BCUT2D eigenvalue weighted by Crippen LogP contribution is 2.25. The Morgan fingerprint density at radius 1 is 1.25 bits per heavy atom. The number of nitrogens with two attached hydrogens (primary N) is 1. The lowest BCUT2D eigenvalue weighted by Crippen LogP contribution is -2.34. The van der Waals surface area contributed by atoms with Crippen LogP contribution in [0, 0.1) is 13.8 Å². The fourth-order valence-electron chi connectivity index (χ4n) is 2.84. The summed E-state index contributed by atoms with van der Waals surface area (Å²) in [7, 11) is 1.56. The molecule has 8 nitrogen and oxygen atoms in total. The molecule has 0 spiro atoms. The highest BCUT2D eigenvalue weighted by atomic mass is 16.5. The Morgan fingerprint density at radius 3 is 2.50 bits per heavy atom. The van der Waals surface area contributed by atoms with Crippen LogP contribution in [0.15, 0.2) is 45.6 Å². The number of carbonyl (C=O) groups excluding carboxylic acids is 1.